The van der Waals surface area contributed by atoms with Gasteiger partial charge in [0.1, 0.15) is 5.82 Å². The van der Waals surface area contributed by atoms with Crippen LogP contribution < -0.4 is 5.56 Å². The Kier molecular flexibility index (Phi) is 2.08. The fourth-order valence-electron chi connectivity index (χ4n) is 0.876. The Morgan fingerprint density at radius 3 is 2.64 bits per heavy atom. The first-order valence-corrected chi connectivity index (χ1v) is 3.67. The lowest BCUT2D eigenvalue weighted by Gasteiger charge is -2.03. The third-order valence-electron chi connectivity index (χ3n) is 1.43. The maximum atomic E-state index is 10.9. The van der Waals surface area contributed by atoms with Gasteiger partial charge in [-0.05, 0) is 6.92 Å². The van der Waals surface area contributed by atoms with Crippen LogP contribution in [0, 0.1) is 6.92 Å². The predicted molar refractivity (Wildman–Crippen MR) is 43.7 cm³/mol. The van der Waals surface area contributed by atoms with Crippen molar-refractivity contribution in [1.82, 2.24) is 9.97 Å². The second-order valence-electron chi connectivity index (χ2n) is 2.93. The van der Waals surface area contributed by atoms with Crippen LogP contribution in [0.4, 0.5) is 0 Å². The lowest BCUT2D eigenvalue weighted by Crippen LogP contribution is -2.12. The van der Waals surface area contributed by atoms with Crippen molar-refractivity contribution in [3.63, 3.8) is 0 Å². The average Bonchev–Trinajstić information content (AvgIpc) is 1.85. The molecule has 0 aromatic carbocycles. The van der Waals surface area contributed by atoms with Crippen molar-refractivity contribution < 1.29 is 0 Å². The number of aromatic nitrogens is 2. The van der Waals surface area contributed by atoms with Gasteiger partial charge in [0, 0.05) is 17.7 Å². The monoisotopic (exact) mass is 156 g/mol. The van der Waals surface area contributed by atoms with E-state index < -0.39 is 0 Å². The Bertz CT molecular complexity index is 301. The molecule has 0 atom stereocenters. The summed E-state index contributed by atoms with van der Waals surface area (Å²) in [5.41, 5.74) is 0.707. The van der Waals surface area contributed by atoms with Gasteiger partial charge in [-0.15, -0.1) is 0 Å². The van der Waals surface area contributed by atoms with Crippen molar-refractivity contribution in [1.29, 1.82) is 0 Å². The summed E-state index contributed by atoms with van der Waals surface area (Å²) >= 11 is 0. The Hall–Kier alpha value is -1.12. The summed E-state index contributed by atoms with van der Waals surface area (Å²) in [5.74, 6) is 1.04. The van der Waals surface area contributed by atoms with Crippen LogP contribution in [0.2, 0.25) is 0 Å². The normalized spacial score (nSPS) is 10.5. The van der Waals surface area contributed by atoms with Crippen molar-refractivity contribution in [2.24, 2.45) is 0 Å². The highest BCUT2D eigenvalue weighted by Crippen LogP contribution is 2.05. The van der Waals surface area contributed by atoms with E-state index >= 15 is 0 Å². The molecule has 0 saturated carbocycles. The van der Waals surface area contributed by atoms with Crippen LogP contribution in [0.1, 0.15) is 31.3 Å². The van der Waals surface area contributed by atoms with Gasteiger partial charge in [0.2, 0.25) is 0 Å². The number of H-pyrrole nitrogens is 1. The predicted octanol–water partition coefficient (Wildman–Crippen LogP) is 1.20. The summed E-state index contributed by atoms with van der Waals surface area (Å²) in [6, 6.07) is 1.49. The van der Waals surface area contributed by atoms with Gasteiger partial charge in [0.15, 0.2) is 0 Å². The minimum absolute atomic E-state index is 0.0683. The van der Waals surface area contributed by atoms with E-state index in [1.54, 1.807) is 0 Å². The van der Waals surface area contributed by atoms with Crippen LogP contribution in [0.15, 0.2) is 10.9 Å². The highest BCUT2D eigenvalue weighted by atomic mass is 16.2. The zero-order chi connectivity index (χ0) is 8.43. The molecular formula is C8H12N2O. The van der Waals surface area contributed by atoms with Crippen LogP contribution in [-0.2, 0) is 0 Å². The molecule has 3 nitrogen and oxygen atoms in total. The van der Waals surface area contributed by atoms with Gasteiger partial charge < -0.3 is 4.98 Å². The Balaban J connectivity index is 3.19. The Morgan fingerprint density at radius 1 is 1.55 bits per heavy atom. The largest absolute Gasteiger partial charge is 0.310 e. The van der Waals surface area contributed by atoms with E-state index in [2.05, 4.69) is 9.97 Å². The molecule has 3 heteroatoms. The Labute approximate surface area is 65.5 Å². The lowest BCUT2D eigenvalue weighted by molar-refractivity contribution is 0.758. The molecule has 11 heavy (non-hydrogen) atoms. The first-order valence-electron chi connectivity index (χ1n) is 3.67. The molecule has 0 fully saturated rings. The molecule has 1 aromatic rings. The van der Waals surface area contributed by atoms with E-state index in [9.17, 15) is 4.79 Å². The number of hydrogen-bond acceptors (Lipinski definition) is 2. The summed E-state index contributed by atoms with van der Waals surface area (Å²) in [6.45, 7) is 5.82. The Morgan fingerprint density at radius 2 is 2.18 bits per heavy atom. The number of nitrogens with zero attached hydrogens (tertiary/aromatic N) is 1. The van der Waals surface area contributed by atoms with E-state index in [4.69, 9.17) is 0 Å². The SMILES string of the molecule is CC(C)c1n[13c]([13CH3])[13cH][13c](=O)[nH]1. The molecule has 0 aliphatic heterocycles. The minimum Gasteiger partial charge on any atom is -0.310 e. The molecule has 1 heterocycles. The molecule has 0 unspecified atom stereocenters. The summed E-state index contributed by atoms with van der Waals surface area (Å²) in [5, 5.41) is 0. The maximum Gasteiger partial charge on any atom is 0.251 e. The fraction of sp³-hybridized carbons (Fsp3) is 0.500. The minimum atomic E-state index is -0.0683. The molecular weight excluding hydrogens is 144 g/mol. The van der Waals surface area contributed by atoms with Gasteiger partial charge in [-0.3, -0.25) is 4.79 Å². The van der Waals surface area contributed by atoms with Crippen LogP contribution >= 0.6 is 0 Å². The smallest absolute Gasteiger partial charge is 0.251 e. The quantitative estimate of drug-likeness (QED) is 0.621. The summed E-state index contributed by atoms with van der Waals surface area (Å²) in [4.78, 5) is 17.8. The van der Waals surface area contributed by atoms with Gasteiger partial charge in [-0.2, -0.15) is 0 Å². The number of hydrogen-bond donors (Lipinski definition) is 1. The van der Waals surface area contributed by atoms with Crippen molar-refractivity contribution in [2.45, 2.75) is 26.7 Å². The molecule has 1 rings (SSSR count). The summed E-state index contributed by atoms with van der Waals surface area (Å²) in [7, 11) is 0. The number of aryl methyl sites for hydroxylation is 1. The summed E-state index contributed by atoms with van der Waals surface area (Å²) < 4.78 is 0. The molecule has 0 aliphatic rings. The highest BCUT2D eigenvalue weighted by molar-refractivity contribution is 5.02. The van der Waals surface area contributed by atoms with Crippen LogP contribution in [0.5, 0.6) is 0 Å². The van der Waals surface area contributed by atoms with Crippen molar-refractivity contribution in [2.75, 3.05) is 0 Å². The van der Waals surface area contributed by atoms with E-state index in [1.165, 1.54) is 6.07 Å². The van der Waals surface area contributed by atoms with Gasteiger partial charge in [-0.1, -0.05) is 13.8 Å². The molecule has 0 radical (unpaired) electrons. The number of rotatable bonds is 1. The highest BCUT2D eigenvalue weighted by Gasteiger charge is 2.01. The fourth-order valence-corrected chi connectivity index (χ4v) is 0.876. The van der Waals surface area contributed by atoms with Crippen LogP contribution in [0.3, 0.4) is 0 Å². The van der Waals surface area contributed by atoms with Gasteiger partial charge >= 0.3 is 0 Å². The van der Waals surface area contributed by atoms with Crippen LogP contribution in [-0.4, -0.2) is 9.97 Å². The van der Waals surface area contributed by atoms with E-state index in [1.807, 2.05) is 20.8 Å². The average molecular weight is 156 g/mol. The van der Waals surface area contributed by atoms with Gasteiger partial charge in [-0.25, -0.2) is 4.98 Å². The molecule has 0 spiro atoms. The van der Waals surface area contributed by atoms with E-state index in [-0.39, 0.29) is 11.5 Å². The molecule has 0 aliphatic carbocycles. The second kappa shape index (κ2) is 2.86. The van der Waals surface area contributed by atoms with Crippen molar-refractivity contribution in [3.05, 3.63) is 27.9 Å². The van der Waals surface area contributed by atoms with Crippen LogP contribution in [0.25, 0.3) is 0 Å². The summed E-state index contributed by atoms with van der Waals surface area (Å²) in [6.07, 6.45) is 0. The van der Waals surface area contributed by atoms with Crippen molar-refractivity contribution in [3.8, 4) is 0 Å². The molecule has 60 valence electrons. The lowest BCUT2D eigenvalue weighted by atomic mass is 10.2. The molecule has 0 amide bonds. The first-order chi connectivity index (χ1) is 5.09. The van der Waals surface area contributed by atoms with E-state index in [0.29, 0.717) is 0 Å². The number of nitrogens with one attached hydrogen (secondary N) is 1. The number of aromatic amines is 1. The molecule has 0 saturated heterocycles. The van der Waals surface area contributed by atoms with Crippen molar-refractivity contribution >= 4 is 0 Å². The third kappa shape index (κ3) is 1.90. The zero-order valence-electron chi connectivity index (χ0n) is 7.01. The second-order valence-corrected chi connectivity index (χ2v) is 2.93. The third-order valence-corrected chi connectivity index (χ3v) is 1.43. The standard InChI is InChI=1S/C8H12N2O/c1-5(2)8-9-6(3)4-7(11)10-8/h4-5H,1-3H3,(H,9,10,11)/i3+1,4+1,6+1,7+1. The molecule has 0 bridgehead atoms. The molecule has 1 N–H and O–H groups in total. The topological polar surface area (TPSA) is 45.8 Å². The maximum absolute atomic E-state index is 10.9. The molecule has 1 aromatic heterocycles. The zero-order valence-corrected chi connectivity index (χ0v) is 7.01. The van der Waals surface area contributed by atoms with Gasteiger partial charge in [0.25, 0.3) is 5.56 Å². The van der Waals surface area contributed by atoms with E-state index in [0.717, 1.165) is 11.5 Å². The van der Waals surface area contributed by atoms with Gasteiger partial charge in [0.05, 0.1) is 0 Å². The first kappa shape index (κ1) is 7.98.